The Morgan fingerprint density at radius 3 is 2.24 bits per heavy atom. The van der Waals surface area contributed by atoms with Crippen molar-refractivity contribution >= 4 is 35.1 Å². The lowest BCUT2D eigenvalue weighted by atomic mass is 10.1. The van der Waals surface area contributed by atoms with Crippen LogP contribution < -0.4 is 4.74 Å². The molecule has 0 spiro atoms. The van der Waals surface area contributed by atoms with E-state index < -0.39 is 10.9 Å². The molecule has 0 saturated heterocycles. The zero-order valence-corrected chi connectivity index (χ0v) is 15.7. The molecule has 7 heteroatoms. The molecule has 0 fully saturated rings. The van der Waals surface area contributed by atoms with E-state index in [4.69, 9.17) is 16.3 Å². The van der Waals surface area contributed by atoms with Crippen molar-refractivity contribution in [1.29, 1.82) is 0 Å². The van der Waals surface area contributed by atoms with Gasteiger partial charge >= 0.3 is 5.97 Å². The van der Waals surface area contributed by atoms with E-state index in [-0.39, 0.29) is 11.5 Å². The molecule has 0 N–H and O–H groups in total. The van der Waals surface area contributed by atoms with Crippen molar-refractivity contribution in [3.05, 3.63) is 111 Å². The number of esters is 1. The van der Waals surface area contributed by atoms with Crippen molar-refractivity contribution in [2.24, 2.45) is 0 Å². The number of carbonyl (C=O) groups excluding carboxylic acids is 2. The summed E-state index contributed by atoms with van der Waals surface area (Å²) in [6, 6.07) is 18.4. The third-order valence-corrected chi connectivity index (χ3v) is 4.19. The summed E-state index contributed by atoms with van der Waals surface area (Å²) in [5.41, 5.74) is 1.24. The summed E-state index contributed by atoms with van der Waals surface area (Å²) in [5.74, 6) is -0.525. The van der Waals surface area contributed by atoms with Crippen molar-refractivity contribution in [3.8, 4) is 5.75 Å². The highest BCUT2D eigenvalue weighted by atomic mass is 35.5. The van der Waals surface area contributed by atoms with Gasteiger partial charge in [0.25, 0.3) is 5.69 Å². The van der Waals surface area contributed by atoms with Gasteiger partial charge in [-0.1, -0.05) is 29.8 Å². The van der Waals surface area contributed by atoms with Crippen LogP contribution in [0.15, 0.2) is 78.9 Å². The van der Waals surface area contributed by atoms with Crippen LogP contribution in [0, 0.1) is 10.1 Å². The lowest BCUT2D eigenvalue weighted by Gasteiger charge is -2.05. The lowest BCUT2D eigenvalue weighted by Crippen LogP contribution is -2.08. The number of benzene rings is 3. The number of carbonyl (C=O) groups is 2. The second kappa shape index (κ2) is 8.95. The van der Waals surface area contributed by atoms with Gasteiger partial charge in [0, 0.05) is 22.7 Å². The van der Waals surface area contributed by atoms with Crippen LogP contribution in [0.2, 0.25) is 5.02 Å². The standard InChI is InChI=1S/C22H14ClNO5/c23-18-9-5-17(6-10-18)22(26)29-20-11-7-16(8-12-20)21(25)13-4-15-2-1-3-19(14-15)24(27)28/h1-14H/b13-4+. The predicted molar refractivity (Wildman–Crippen MR) is 109 cm³/mol. The molecule has 29 heavy (non-hydrogen) atoms. The summed E-state index contributed by atoms with van der Waals surface area (Å²) in [6.07, 6.45) is 2.83. The van der Waals surface area contributed by atoms with Crippen LogP contribution in [0.5, 0.6) is 5.75 Å². The molecule has 0 radical (unpaired) electrons. The molecule has 0 aliphatic rings. The molecule has 0 aliphatic heterocycles. The summed E-state index contributed by atoms with van der Waals surface area (Å²) >= 11 is 5.79. The zero-order chi connectivity index (χ0) is 20.8. The third kappa shape index (κ3) is 5.37. The zero-order valence-electron chi connectivity index (χ0n) is 14.9. The molecular weight excluding hydrogens is 394 g/mol. The Morgan fingerprint density at radius 2 is 1.59 bits per heavy atom. The molecule has 3 rings (SSSR count). The molecule has 0 heterocycles. The van der Waals surface area contributed by atoms with Crippen molar-refractivity contribution < 1.29 is 19.2 Å². The van der Waals surface area contributed by atoms with E-state index in [9.17, 15) is 19.7 Å². The molecule has 0 bridgehead atoms. The molecule has 0 saturated carbocycles. The minimum atomic E-state index is -0.536. The van der Waals surface area contributed by atoms with Crippen LogP contribution in [0.4, 0.5) is 5.69 Å². The first-order valence-corrected chi connectivity index (χ1v) is 8.85. The fourth-order valence-electron chi connectivity index (χ4n) is 2.45. The van der Waals surface area contributed by atoms with Crippen LogP contribution in [0.3, 0.4) is 0 Å². The van der Waals surface area contributed by atoms with Gasteiger partial charge in [0.1, 0.15) is 5.75 Å². The Morgan fingerprint density at radius 1 is 0.931 bits per heavy atom. The average molecular weight is 408 g/mol. The van der Waals surface area contributed by atoms with Crippen molar-refractivity contribution in [1.82, 2.24) is 0 Å². The predicted octanol–water partition coefficient (Wildman–Crippen LogP) is 5.36. The highest BCUT2D eigenvalue weighted by Crippen LogP contribution is 2.18. The van der Waals surface area contributed by atoms with Gasteiger partial charge in [-0.2, -0.15) is 0 Å². The van der Waals surface area contributed by atoms with Gasteiger partial charge in [0.2, 0.25) is 0 Å². The maximum Gasteiger partial charge on any atom is 0.343 e. The van der Waals surface area contributed by atoms with Crippen LogP contribution in [-0.4, -0.2) is 16.7 Å². The Kier molecular flexibility index (Phi) is 6.16. The van der Waals surface area contributed by atoms with Crippen LogP contribution in [0.1, 0.15) is 26.3 Å². The van der Waals surface area contributed by atoms with Gasteiger partial charge < -0.3 is 4.74 Å². The number of hydrogen-bond donors (Lipinski definition) is 0. The molecule has 0 aromatic heterocycles. The number of hydrogen-bond acceptors (Lipinski definition) is 5. The smallest absolute Gasteiger partial charge is 0.343 e. The van der Waals surface area contributed by atoms with Crippen LogP contribution in [-0.2, 0) is 0 Å². The van der Waals surface area contributed by atoms with Gasteiger partial charge in [0.05, 0.1) is 10.5 Å². The topological polar surface area (TPSA) is 86.5 Å². The van der Waals surface area contributed by atoms with Crippen LogP contribution >= 0.6 is 11.6 Å². The van der Waals surface area contributed by atoms with E-state index in [0.29, 0.717) is 27.5 Å². The first kappa shape index (κ1) is 20.0. The SMILES string of the molecule is O=C(/C=C/c1cccc([N+](=O)[O-])c1)c1ccc(OC(=O)c2ccc(Cl)cc2)cc1. The molecule has 6 nitrogen and oxygen atoms in total. The Hall–Kier alpha value is -3.77. The number of nitro groups is 1. The third-order valence-electron chi connectivity index (χ3n) is 3.94. The number of allylic oxidation sites excluding steroid dienone is 1. The van der Waals surface area contributed by atoms with E-state index in [1.165, 1.54) is 48.6 Å². The number of rotatable bonds is 6. The van der Waals surface area contributed by atoms with Gasteiger partial charge in [0.15, 0.2) is 5.78 Å². The normalized spacial score (nSPS) is 10.7. The molecule has 0 atom stereocenters. The first-order valence-electron chi connectivity index (χ1n) is 8.47. The van der Waals surface area contributed by atoms with Crippen molar-refractivity contribution in [2.75, 3.05) is 0 Å². The number of non-ortho nitro benzene ring substituents is 1. The van der Waals surface area contributed by atoms with E-state index >= 15 is 0 Å². The summed E-state index contributed by atoms with van der Waals surface area (Å²) in [4.78, 5) is 34.7. The largest absolute Gasteiger partial charge is 0.423 e. The summed E-state index contributed by atoms with van der Waals surface area (Å²) < 4.78 is 5.26. The highest BCUT2D eigenvalue weighted by molar-refractivity contribution is 6.30. The second-order valence-electron chi connectivity index (χ2n) is 5.97. The van der Waals surface area contributed by atoms with E-state index in [2.05, 4.69) is 0 Å². The number of halogens is 1. The highest BCUT2D eigenvalue weighted by Gasteiger charge is 2.10. The second-order valence-corrected chi connectivity index (χ2v) is 6.41. The van der Waals surface area contributed by atoms with E-state index in [1.807, 2.05) is 0 Å². The van der Waals surface area contributed by atoms with Gasteiger partial charge in [-0.05, 0) is 60.2 Å². The van der Waals surface area contributed by atoms with Gasteiger partial charge in [-0.3, -0.25) is 14.9 Å². The summed E-state index contributed by atoms with van der Waals surface area (Å²) in [6.45, 7) is 0. The molecule has 3 aromatic carbocycles. The maximum atomic E-state index is 12.3. The average Bonchev–Trinajstić information content (AvgIpc) is 2.73. The molecule has 0 amide bonds. The quantitative estimate of drug-likeness (QED) is 0.137. The van der Waals surface area contributed by atoms with E-state index in [1.54, 1.807) is 36.4 Å². The molecular formula is C22H14ClNO5. The summed E-state index contributed by atoms with van der Waals surface area (Å²) in [7, 11) is 0. The molecule has 3 aromatic rings. The summed E-state index contributed by atoms with van der Waals surface area (Å²) in [5, 5.41) is 11.3. The maximum absolute atomic E-state index is 12.3. The molecule has 144 valence electrons. The Labute approximate surface area is 171 Å². The first-order chi connectivity index (χ1) is 13.9. The Balaban J connectivity index is 1.65. The minimum absolute atomic E-state index is 0.0496. The fourth-order valence-corrected chi connectivity index (χ4v) is 2.58. The number of ether oxygens (including phenoxy) is 1. The molecule has 0 unspecified atom stereocenters. The van der Waals surface area contributed by atoms with Crippen molar-refractivity contribution in [2.45, 2.75) is 0 Å². The number of ketones is 1. The minimum Gasteiger partial charge on any atom is -0.423 e. The van der Waals surface area contributed by atoms with Crippen molar-refractivity contribution in [3.63, 3.8) is 0 Å². The van der Waals surface area contributed by atoms with Crippen LogP contribution in [0.25, 0.3) is 6.08 Å². The van der Waals surface area contributed by atoms with Gasteiger partial charge in [-0.15, -0.1) is 0 Å². The fraction of sp³-hybridized carbons (Fsp3) is 0. The lowest BCUT2D eigenvalue weighted by molar-refractivity contribution is -0.384. The number of nitro benzene ring substituents is 1. The van der Waals surface area contributed by atoms with E-state index in [0.717, 1.165) is 0 Å². The monoisotopic (exact) mass is 407 g/mol. The number of nitrogens with zero attached hydrogens (tertiary/aromatic N) is 1. The Bertz CT molecular complexity index is 1090. The molecule has 0 aliphatic carbocycles. The van der Waals surface area contributed by atoms with Gasteiger partial charge in [-0.25, -0.2) is 4.79 Å².